The second-order valence-electron chi connectivity index (χ2n) is 5.79. The van der Waals surface area contributed by atoms with Gasteiger partial charge in [-0.05, 0) is 30.3 Å². The first kappa shape index (κ1) is 14.5. The fraction of sp³-hybridized carbons (Fsp3) is 0. The lowest BCUT2D eigenvalue weighted by molar-refractivity contribution is 0.847. The van der Waals surface area contributed by atoms with Gasteiger partial charge in [-0.15, -0.1) is 0 Å². The molecule has 0 aliphatic rings. The first-order chi connectivity index (χ1) is 12.9. The Morgan fingerprint density at radius 1 is 0.846 bits per heavy atom. The van der Waals surface area contributed by atoms with Gasteiger partial charge in [0.1, 0.15) is 12.0 Å². The summed E-state index contributed by atoms with van der Waals surface area (Å²) in [6.07, 6.45) is 14.5. The molecular formula is C19H13N7. The fourth-order valence-electron chi connectivity index (χ4n) is 2.86. The molecule has 0 atom stereocenters. The third kappa shape index (κ3) is 2.51. The maximum atomic E-state index is 4.71. The van der Waals surface area contributed by atoms with Crippen LogP contribution in [0.4, 0.5) is 0 Å². The van der Waals surface area contributed by atoms with Gasteiger partial charge in [0.25, 0.3) is 0 Å². The number of imidazole rings is 1. The zero-order valence-electron chi connectivity index (χ0n) is 13.6. The van der Waals surface area contributed by atoms with Crippen molar-refractivity contribution in [2.24, 2.45) is 0 Å². The van der Waals surface area contributed by atoms with E-state index >= 15 is 0 Å². The van der Waals surface area contributed by atoms with Gasteiger partial charge in [0.2, 0.25) is 0 Å². The third-order valence-corrected chi connectivity index (χ3v) is 4.13. The van der Waals surface area contributed by atoms with Crippen molar-refractivity contribution in [3.8, 4) is 28.2 Å². The Morgan fingerprint density at radius 3 is 2.62 bits per heavy atom. The largest absolute Gasteiger partial charge is 0.306 e. The molecule has 0 saturated carbocycles. The zero-order chi connectivity index (χ0) is 17.3. The first-order valence-corrected chi connectivity index (χ1v) is 8.07. The molecule has 124 valence electrons. The van der Waals surface area contributed by atoms with E-state index in [2.05, 4.69) is 20.1 Å². The summed E-state index contributed by atoms with van der Waals surface area (Å²) >= 11 is 0. The summed E-state index contributed by atoms with van der Waals surface area (Å²) in [5.74, 6) is 0.756. The minimum absolute atomic E-state index is 0.756. The van der Waals surface area contributed by atoms with Crippen LogP contribution in [0, 0.1) is 0 Å². The molecule has 0 N–H and O–H groups in total. The van der Waals surface area contributed by atoms with Crippen molar-refractivity contribution in [2.45, 2.75) is 0 Å². The molecule has 0 radical (unpaired) electrons. The normalized spacial score (nSPS) is 11.1. The van der Waals surface area contributed by atoms with E-state index in [1.807, 2.05) is 53.3 Å². The van der Waals surface area contributed by atoms with Crippen molar-refractivity contribution in [1.29, 1.82) is 0 Å². The van der Waals surface area contributed by atoms with Crippen LogP contribution in [0.25, 0.3) is 33.8 Å². The summed E-state index contributed by atoms with van der Waals surface area (Å²) in [6.45, 7) is 0. The minimum atomic E-state index is 0.756. The molecule has 0 aliphatic heterocycles. The van der Waals surface area contributed by atoms with Gasteiger partial charge >= 0.3 is 0 Å². The number of pyridine rings is 2. The van der Waals surface area contributed by atoms with Gasteiger partial charge in [0.05, 0.1) is 5.69 Å². The maximum absolute atomic E-state index is 4.71. The third-order valence-electron chi connectivity index (χ3n) is 4.13. The number of rotatable bonds is 3. The van der Waals surface area contributed by atoms with E-state index in [0.717, 1.165) is 33.8 Å². The number of nitrogens with zero attached hydrogens (tertiary/aromatic N) is 7. The molecule has 0 unspecified atom stereocenters. The van der Waals surface area contributed by atoms with E-state index in [4.69, 9.17) is 4.98 Å². The summed E-state index contributed by atoms with van der Waals surface area (Å²) in [4.78, 5) is 17.2. The molecule has 5 aromatic rings. The Kier molecular flexibility index (Phi) is 3.28. The maximum Gasteiger partial charge on any atom is 0.153 e. The molecule has 0 saturated heterocycles. The van der Waals surface area contributed by atoms with E-state index in [-0.39, 0.29) is 0 Å². The SMILES string of the molecule is c1cnn(-c2cc(-c3cn4cc(-c5cncnc5)ccc4n3)ccn2)c1. The molecule has 0 bridgehead atoms. The van der Waals surface area contributed by atoms with Gasteiger partial charge in [-0.2, -0.15) is 5.10 Å². The smallest absolute Gasteiger partial charge is 0.153 e. The van der Waals surface area contributed by atoms with Crippen LogP contribution in [0.2, 0.25) is 0 Å². The molecule has 5 heterocycles. The summed E-state index contributed by atoms with van der Waals surface area (Å²) in [5.41, 5.74) is 4.74. The van der Waals surface area contributed by atoms with E-state index < -0.39 is 0 Å². The Bertz CT molecular complexity index is 1180. The van der Waals surface area contributed by atoms with E-state index in [9.17, 15) is 0 Å². The fourth-order valence-corrected chi connectivity index (χ4v) is 2.86. The number of hydrogen-bond acceptors (Lipinski definition) is 5. The molecule has 7 nitrogen and oxygen atoms in total. The van der Waals surface area contributed by atoms with Crippen LogP contribution in [0.1, 0.15) is 0 Å². The molecular weight excluding hydrogens is 326 g/mol. The van der Waals surface area contributed by atoms with Gasteiger partial charge < -0.3 is 4.40 Å². The second kappa shape index (κ2) is 5.89. The van der Waals surface area contributed by atoms with Crippen molar-refractivity contribution < 1.29 is 0 Å². The molecule has 0 fully saturated rings. The highest BCUT2D eigenvalue weighted by Crippen LogP contribution is 2.23. The van der Waals surface area contributed by atoms with Gasteiger partial charge in [-0.3, -0.25) is 0 Å². The highest BCUT2D eigenvalue weighted by molar-refractivity contribution is 5.67. The predicted molar refractivity (Wildman–Crippen MR) is 96.6 cm³/mol. The van der Waals surface area contributed by atoms with E-state index in [1.54, 1.807) is 29.5 Å². The molecule has 0 aromatic carbocycles. The highest BCUT2D eigenvalue weighted by atomic mass is 15.3. The Hall–Kier alpha value is -3.87. The van der Waals surface area contributed by atoms with Crippen LogP contribution in [0.5, 0.6) is 0 Å². The molecule has 5 rings (SSSR count). The van der Waals surface area contributed by atoms with Gasteiger partial charge in [0.15, 0.2) is 5.82 Å². The summed E-state index contributed by atoms with van der Waals surface area (Å²) in [6, 6.07) is 9.80. The zero-order valence-corrected chi connectivity index (χ0v) is 13.6. The number of aromatic nitrogens is 7. The van der Waals surface area contributed by atoms with Crippen molar-refractivity contribution in [3.05, 3.63) is 80.0 Å². The topological polar surface area (TPSA) is 73.8 Å². The summed E-state index contributed by atoms with van der Waals surface area (Å²) in [7, 11) is 0. The molecule has 5 aromatic heterocycles. The molecule has 0 amide bonds. The van der Waals surface area contributed by atoms with Crippen molar-refractivity contribution in [2.75, 3.05) is 0 Å². The van der Waals surface area contributed by atoms with Crippen LogP contribution in [-0.4, -0.2) is 34.1 Å². The van der Waals surface area contributed by atoms with Gasteiger partial charge in [0, 0.05) is 60.1 Å². The lowest BCUT2D eigenvalue weighted by Gasteiger charge is -2.02. The Morgan fingerprint density at radius 2 is 1.77 bits per heavy atom. The Labute approximate surface area is 148 Å². The molecule has 0 spiro atoms. The van der Waals surface area contributed by atoms with Crippen molar-refractivity contribution in [3.63, 3.8) is 0 Å². The lowest BCUT2D eigenvalue weighted by atomic mass is 10.1. The first-order valence-electron chi connectivity index (χ1n) is 8.07. The van der Waals surface area contributed by atoms with Gasteiger partial charge in [-0.1, -0.05) is 0 Å². The van der Waals surface area contributed by atoms with Crippen LogP contribution >= 0.6 is 0 Å². The predicted octanol–water partition coefficient (Wildman–Crippen LogP) is 3.04. The summed E-state index contributed by atoms with van der Waals surface area (Å²) in [5, 5.41) is 4.23. The van der Waals surface area contributed by atoms with Crippen LogP contribution in [0.15, 0.2) is 80.0 Å². The average Bonchev–Trinajstić information content (AvgIpc) is 3.38. The molecule has 7 heteroatoms. The minimum Gasteiger partial charge on any atom is -0.306 e. The van der Waals surface area contributed by atoms with Crippen molar-refractivity contribution in [1.82, 2.24) is 34.1 Å². The number of fused-ring (bicyclic) bond motifs is 1. The van der Waals surface area contributed by atoms with E-state index in [1.165, 1.54) is 6.33 Å². The Balaban J connectivity index is 1.57. The quantitative estimate of drug-likeness (QED) is 0.505. The van der Waals surface area contributed by atoms with Gasteiger partial charge in [-0.25, -0.2) is 24.6 Å². The summed E-state index contributed by atoms with van der Waals surface area (Å²) < 4.78 is 3.73. The lowest BCUT2D eigenvalue weighted by Crippen LogP contribution is -1.97. The average molecular weight is 339 g/mol. The standard InChI is InChI=1S/C19H13N7/c1-5-23-26(7-1)19-8-14(4-6-22-19)17-12-25-11-15(2-3-18(25)24-17)16-9-20-13-21-10-16/h1-13H. The monoisotopic (exact) mass is 339 g/mol. The highest BCUT2D eigenvalue weighted by Gasteiger charge is 2.08. The second-order valence-corrected chi connectivity index (χ2v) is 5.79. The van der Waals surface area contributed by atoms with Crippen molar-refractivity contribution >= 4 is 5.65 Å². The number of hydrogen-bond donors (Lipinski definition) is 0. The van der Waals surface area contributed by atoms with Crippen LogP contribution in [0.3, 0.4) is 0 Å². The van der Waals surface area contributed by atoms with E-state index in [0.29, 0.717) is 0 Å². The van der Waals surface area contributed by atoms with Crippen LogP contribution in [-0.2, 0) is 0 Å². The van der Waals surface area contributed by atoms with Crippen LogP contribution < -0.4 is 0 Å². The molecule has 0 aliphatic carbocycles. The molecule has 26 heavy (non-hydrogen) atoms.